The molecule has 1 unspecified atom stereocenters. The van der Waals surface area contributed by atoms with Crippen molar-refractivity contribution in [2.45, 2.75) is 20.1 Å². The molecule has 0 bridgehead atoms. The van der Waals surface area contributed by atoms with E-state index < -0.39 is 6.23 Å². The molecular weight excluding hydrogens is 258 g/mol. The van der Waals surface area contributed by atoms with Crippen molar-refractivity contribution >= 4 is 21.8 Å². The minimum Gasteiger partial charge on any atom is -0.373 e. The summed E-state index contributed by atoms with van der Waals surface area (Å²) in [5.41, 5.74) is 0.525. The number of amides is 1. The smallest absolute Gasteiger partial charge is 0.254 e. The fourth-order valence-corrected chi connectivity index (χ4v) is 1.49. The van der Waals surface area contributed by atoms with Crippen molar-refractivity contribution in [3.63, 3.8) is 0 Å². The maximum Gasteiger partial charge on any atom is 0.254 e. The molecule has 0 aliphatic heterocycles. The van der Waals surface area contributed by atoms with Crippen LogP contribution in [-0.4, -0.2) is 17.2 Å². The highest BCUT2D eigenvalue weighted by Gasteiger charge is 2.15. The van der Waals surface area contributed by atoms with Gasteiger partial charge in [0.2, 0.25) is 0 Å². The Hall–Kier alpha value is -0.870. The summed E-state index contributed by atoms with van der Waals surface area (Å²) >= 11 is 3.28. The second-order valence-electron chi connectivity index (χ2n) is 3.64. The third kappa shape index (κ3) is 3.32. The van der Waals surface area contributed by atoms with Crippen LogP contribution in [0.1, 0.15) is 24.2 Å². The molecule has 0 aliphatic carbocycles. The van der Waals surface area contributed by atoms with Gasteiger partial charge in [-0.05, 0) is 34.0 Å². The van der Waals surface area contributed by atoms with Crippen LogP contribution in [0.5, 0.6) is 0 Å². The van der Waals surface area contributed by atoms with Gasteiger partial charge in [0.1, 0.15) is 6.23 Å². The van der Waals surface area contributed by atoms with Gasteiger partial charge in [0.25, 0.3) is 5.91 Å². The Morgan fingerprint density at radius 1 is 1.40 bits per heavy atom. The Morgan fingerprint density at radius 2 is 2.00 bits per heavy atom. The lowest BCUT2D eigenvalue weighted by Gasteiger charge is -2.16. The molecule has 0 saturated heterocycles. The van der Waals surface area contributed by atoms with Crippen LogP contribution in [0.3, 0.4) is 0 Å². The molecule has 0 heterocycles. The molecule has 1 amide bonds. The first-order chi connectivity index (χ1) is 7.02. The van der Waals surface area contributed by atoms with Crippen LogP contribution in [0, 0.1) is 5.92 Å². The Kier molecular flexibility index (Phi) is 4.29. The number of hydrogen-bond donors (Lipinski definition) is 2. The van der Waals surface area contributed by atoms with E-state index in [4.69, 9.17) is 0 Å². The van der Waals surface area contributed by atoms with E-state index in [2.05, 4.69) is 21.2 Å². The van der Waals surface area contributed by atoms with Gasteiger partial charge in [0, 0.05) is 4.47 Å². The van der Waals surface area contributed by atoms with Gasteiger partial charge in [-0.15, -0.1) is 0 Å². The number of hydrogen-bond acceptors (Lipinski definition) is 2. The molecule has 3 nitrogen and oxygen atoms in total. The number of halogens is 1. The normalized spacial score (nSPS) is 12.6. The van der Waals surface area contributed by atoms with E-state index in [1.807, 2.05) is 19.9 Å². The van der Waals surface area contributed by atoms with Crippen LogP contribution in [0.4, 0.5) is 0 Å². The Bertz CT molecular complexity index is 352. The Morgan fingerprint density at radius 3 is 2.53 bits per heavy atom. The van der Waals surface area contributed by atoms with Crippen molar-refractivity contribution in [1.29, 1.82) is 0 Å². The monoisotopic (exact) mass is 271 g/mol. The minimum atomic E-state index is -0.815. The molecule has 1 atom stereocenters. The fourth-order valence-electron chi connectivity index (χ4n) is 1.02. The zero-order valence-corrected chi connectivity index (χ0v) is 10.3. The van der Waals surface area contributed by atoms with E-state index >= 15 is 0 Å². The summed E-state index contributed by atoms with van der Waals surface area (Å²) in [5.74, 6) is -0.278. The fraction of sp³-hybridized carbons (Fsp3) is 0.364. The van der Waals surface area contributed by atoms with Gasteiger partial charge >= 0.3 is 0 Å². The maximum absolute atomic E-state index is 11.7. The van der Waals surface area contributed by atoms with Gasteiger partial charge in [0.05, 0.1) is 5.56 Å². The van der Waals surface area contributed by atoms with Crippen LogP contribution in [-0.2, 0) is 0 Å². The van der Waals surface area contributed by atoms with E-state index in [0.717, 1.165) is 4.47 Å². The number of rotatable bonds is 3. The standard InChI is InChI=1S/C11H14BrNO2/c1-7(2)10(14)13-11(15)8-5-3-4-6-9(8)12/h3-7,10,14H,1-2H3,(H,13,15). The van der Waals surface area contributed by atoms with Crippen molar-refractivity contribution in [3.05, 3.63) is 34.3 Å². The third-order valence-corrected chi connectivity index (χ3v) is 2.72. The minimum absolute atomic E-state index is 0.00330. The number of benzene rings is 1. The largest absolute Gasteiger partial charge is 0.373 e. The van der Waals surface area contributed by atoms with E-state index in [1.54, 1.807) is 18.2 Å². The number of carbonyl (C=O) groups is 1. The number of aliphatic hydroxyl groups is 1. The molecule has 1 aromatic carbocycles. The molecule has 82 valence electrons. The van der Waals surface area contributed by atoms with Crippen LogP contribution in [0.25, 0.3) is 0 Å². The summed E-state index contributed by atoms with van der Waals surface area (Å²) in [4.78, 5) is 11.7. The van der Waals surface area contributed by atoms with Gasteiger partial charge in [-0.2, -0.15) is 0 Å². The summed E-state index contributed by atoms with van der Waals surface area (Å²) in [6.07, 6.45) is -0.815. The lowest BCUT2D eigenvalue weighted by molar-refractivity contribution is 0.0646. The molecule has 0 saturated carbocycles. The molecular formula is C11H14BrNO2. The van der Waals surface area contributed by atoms with Crippen LogP contribution >= 0.6 is 15.9 Å². The van der Waals surface area contributed by atoms with E-state index in [9.17, 15) is 9.90 Å². The highest BCUT2D eigenvalue weighted by molar-refractivity contribution is 9.10. The van der Waals surface area contributed by atoms with Gasteiger partial charge < -0.3 is 10.4 Å². The highest BCUT2D eigenvalue weighted by atomic mass is 79.9. The van der Waals surface area contributed by atoms with Gasteiger partial charge in [-0.25, -0.2) is 0 Å². The van der Waals surface area contributed by atoms with E-state index in [1.165, 1.54) is 0 Å². The van der Waals surface area contributed by atoms with Crippen molar-refractivity contribution in [2.24, 2.45) is 5.92 Å². The molecule has 1 rings (SSSR count). The predicted molar refractivity (Wildman–Crippen MR) is 62.5 cm³/mol. The molecule has 0 aromatic heterocycles. The molecule has 2 N–H and O–H groups in total. The zero-order chi connectivity index (χ0) is 11.4. The van der Waals surface area contributed by atoms with E-state index in [0.29, 0.717) is 5.56 Å². The lowest BCUT2D eigenvalue weighted by Crippen LogP contribution is -2.38. The molecule has 0 spiro atoms. The van der Waals surface area contributed by atoms with Crippen molar-refractivity contribution in [1.82, 2.24) is 5.32 Å². The SMILES string of the molecule is CC(C)C(O)NC(=O)c1ccccc1Br. The van der Waals surface area contributed by atoms with Crippen molar-refractivity contribution < 1.29 is 9.90 Å². The number of nitrogens with one attached hydrogen (secondary N) is 1. The topological polar surface area (TPSA) is 49.3 Å². The highest BCUT2D eigenvalue weighted by Crippen LogP contribution is 2.15. The van der Waals surface area contributed by atoms with Gasteiger partial charge in [-0.3, -0.25) is 4.79 Å². The first kappa shape index (κ1) is 12.2. The first-order valence-electron chi connectivity index (χ1n) is 4.76. The second kappa shape index (κ2) is 5.28. The quantitative estimate of drug-likeness (QED) is 0.828. The molecule has 15 heavy (non-hydrogen) atoms. The summed E-state index contributed by atoms with van der Waals surface area (Å²) in [6.45, 7) is 3.68. The average molecular weight is 272 g/mol. The zero-order valence-electron chi connectivity index (χ0n) is 8.70. The molecule has 0 aliphatic rings. The lowest BCUT2D eigenvalue weighted by atomic mass is 10.1. The molecule has 0 fully saturated rings. The van der Waals surface area contributed by atoms with Crippen LogP contribution < -0.4 is 5.32 Å². The Balaban J connectivity index is 2.74. The van der Waals surface area contributed by atoms with Gasteiger partial charge in [0.15, 0.2) is 0 Å². The first-order valence-corrected chi connectivity index (χ1v) is 5.55. The summed E-state index contributed by atoms with van der Waals surface area (Å²) < 4.78 is 0.721. The van der Waals surface area contributed by atoms with Gasteiger partial charge in [-0.1, -0.05) is 26.0 Å². The number of aliphatic hydroxyl groups excluding tert-OH is 1. The number of carbonyl (C=O) groups excluding carboxylic acids is 1. The van der Waals surface area contributed by atoms with Crippen LogP contribution in [0.15, 0.2) is 28.7 Å². The average Bonchev–Trinajstić information content (AvgIpc) is 2.18. The molecule has 4 heteroatoms. The van der Waals surface area contributed by atoms with E-state index in [-0.39, 0.29) is 11.8 Å². The third-order valence-electron chi connectivity index (χ3n) is 2.03. The molecule has 1 aromatic rings. The maximum atomic E-state index is 11.7. The van der Waals surface area contributed by atoms with Crippen molar-refractivity contribution in [3.8, 4) is 0 Å². The summed E-state index contributed by atoms with van der Waals surface area (Å²) in [7, 11) is 0. The van der Waals surface area contributed by atoms with Crippen molar-refractivity contribution in [2.75, 3.05) is 0 Å². The molecule has 0 radical (unpaired) electrons. The predicted octanol–water partition coefficient (Wildman–Crippen LogP) is 2.15. The summed E-state index contributed by atoms with van der Waals surface area (Å²) in [5, 5.41) is 12.0. The Labute approximate surface area is 97.6 Å². The van der Waals surface area contributed by atoms with Crippen LogP contribution in [0.2, 0.25) is 0 Å². The summed E-state index contributed by atoms with van der Waals surface area (Å²) in [6, 6.07) is 7.10. The second-order valence-corrected chi connectivity index (χ2v) is 4.50.